The second-order valence-corrected chi connectivity index (χ2v) is 9.13. The van der Waals surface area contributed by atoms with Crippen LogP contribution < -0.4 is 0 Å². The number of hydrogen-bond acceptors (Lipinski definition) is 2. The average Bonchev–Trinajstić information content (AvgIpc) is 2.99. The van der Waals surface area contributed by atoms with Crippen molar-refractivity contribution in [2.45, 2.75) is 98.5 Å². The van der Waals surface area contributed by atoms with Crippen LogP contribution in [0.1, 0.15) is 92.9 Å². The number of carbonyl (C=O) groups excluding carboxylic acids is 1. The van der Waals surface area contributed by atoms with E-state index in [-0.39, 0.29) is 18.4 Å². The van der Waals surface area contributed by atoms with Gasteiger partial charge in [0.25, 0.3) is 0 Å². The topological polar surface area (TPSA) is 26.3 Å². The van der Waals surface area contributed by atoms with E-state index in [1.807, 2.05) is 0 Å². The summed E-state index contributed by atoms with van der Waals surface area (Å²) >= 11 is 0. The maximum Gasteiger partial charge on any atom is 0.139 e. The molecule has 2 heteroatoms. The molecule has 4 aliphatic rings. The summed E-state index contributed by atoms with van der Waals surface area (Å²) in [6, 6.07) is 0. The fourth-order valence-corrected chi connectivity index (χ4v) is 5.57. The number of fused-ring (bicyclic) bond motifs is 2. The Hall–Kier alpha value is -0.790. The van der Waals surface area contributed by atoms with Gasteiger partial charge in [-0.1, -0.05) is 41.2 Å². The van der Waals surface area contributed by atoms with Gasteiger partial charge >= 0.3 is 0 Å². The van der Waals surface area contributed by atoms with Crippen molar-refractivity contribution >= 4 is 5.78 Å². The van der Waals surface area contributed by atoms with Crippen molar-refractivity contribution in [1.82, 2.24) is 0 Å². The first-order chi connectivity index (χ1) is 10.1. The highest BCUT2D eigenvalue weighted by molar-refractivity contribution is 5.88. The fraction of sp³-hybridized carbons (Fsp3) is 0.857. The Morgan fingerprint density at radius 1 is 0.913 bits per heavy atom. The van der Waals surface area contributed by atoms with Gasteiger partial charge in [0.05, 0.1) is 5.76 Å². The monoisotopic (exact) mass is 320 g/mol. The van der Waals surface area contributed by atoms with Crippen molar-refractivity contribution in [3.8, 4) is 0 Å². The number of Topliss-reactive ketones (excluding diaryl/α,β-unsaturated/α-hetero) is 1. The highest BCUT2D eigenvalue weighted by atomic mass is 16.5. The molecule has 0 amide bonds. The lowest BCUT2D eigenvalue weighted by Crippen LogP contribution is -2.34. The predicted octanol–water partition coefficient (Wildman–Crippen LogP) is 6.05. The van der Waals surface area contributed by atoms with Gasteiger partial charge in [-0.05, 0) is 50.9 Å². The minimum absolute atomic E-state index is 0. The molecule has 4 rings (SSSR count). The first kappa shape index (κ1) is 18.5. The minimum atomic E-state index is 0. The number of allylic oxidation sites excluding steroid dienone is 1. The van der Waals surface area contributed by atoms with E-state index in [4.69, 9.17) is 4.74 Å². The molecule has 0 radical (unpaired) electrons. The molecule has 3 aliphatic carbocycles. The molecule has 0 aromatic rings. The summed E-state index contributed by atoms with van der Waals surface area (Å²) in [6.45, 7) is 12.9. The molecular formula is C21H36O2. The lowest BCUT2D eigenvalue weighted by Gasteiger charge is -2.32. The highest BCUT2D eigenvalue weighted by Crippen LogP contribution is 2.60. The standard InChI is InChI=1S/2C10H16O.CH4/c1-8-7-9(2)5-4-6-10(9,3)11-8;1-9-5-3-6-10(9,2)8(11)4-7-9;/h1,4-7H2,2-3H3;3-7H2,1-2H3;1H4/t9-,10+;9-,10-;/m00./s1. The van der Waals surface area contributed by atoms with Crippen molar-refractivity contribution in [1.29, 1.82) is 0 Å². The third kappa shape index (κ3) is 2.57. The summed E-state index contributed by atoms with van der Waals surface area (Å²) in [7, 11) is 0. The molecule has 0 aromatic heterocycles. The molecule has 0 bridgehead atoms. The lowest BCUT2D eigenvalue weighted by atomic mass is 9.70. The molecule has 0 unspecified atom stereocenters. The van der Waals surface area contributed by atoms with Gasteiger partial charge in [0.15, 0.2) is 0 Å². The van der Waals surface area contributed by atoms with E-state index in [0.29, 0.717) is 16.6 Å². The van der Waals surface area contributed by atoms with Crippen molar-refractivity contribution in [2.75, 3.05) is 0 Å². The van der Waals surface area contributed by atoms with Crippen molar-refractivity contribution < 1.29 is 9.53 Å². The van der Waals surface area contributed by atoms with Crippen molar-refractivity contribution in [2.24, 2.45) is 16.2 Å². The normalized spacial score (nSPS) is 47.3. The van der Waals surface area contributed by atoms with Gasteiger partial charge in [-0.15, -0.1) is 0 Å². The Balaban J connectivity index is 0.000000160. The molecule has 23 heavy (non-hydrogen) atoms. The first-order valence-electron chi connectivity index (χ1n) is 9.04. The molecule has 0 aromatic carbocycles. The van der Waals surface area contributed by atoms with Gasteiger partial charge in [-0.3, -0.25) is 4.79 Å². The van der Waals surface area contributed by atoms with Gasteiger partial charge in [-0.25, -0.2) is 0 Å². The van der Waals surface area contributed by atoms with Crippen LogP contribution in [0, 0.1) is 16.2 Å². The second-order valence-electron chi connectivity index (χ2n) is 9.13. The van der Waals surface area contributed by atoms with E-state index in [2.05, 4.69) is 34.3 Å². The molecule has 1 saturated heterocycles. The zero-order valence-electron chi connectivity index (χ0n) is 14.9. The Labute approximate surface area is 143 Å². The van der Waals surface area contributed by atoms with E-state index < -0.39 is 0 Å². The van der Waals surface area contributed by atoms with Crippen LogP contribution in [0.15, 0.2) is 12.3 Å². The molecule has 3 saturated carbocycles. The zero-order valence-corrected chi connectivity index (χ0v) is 14.9. The van der Waals surface area contributed by atoms with Gasteiger partial charge in [0, 0.05) is 23.7 Å². The third-order valence-electron chi connectivity index (χ3n) is 7.87. The quantitative estimate of drug-likeness (QED) is 0.543. The molecule has 0 N–H and O–H groups in total. The molecule has 1 heterocycles. The van der Waals surface area contributed by atoms with Gasteiger partial charge in [0.2, 0.25) is 0 Å². The Bertz CT molecular complexity index is 487. The average molecular weight is 321 g/mol. The predicted molar refractivity (Wildman–Crippen MR) is 96.2 cm³/mol. The van der Waals surface area contributed by atoms with Crippen LogP contribution in [0.5, 0.6) is 0 Å². The zero-order chi connectivity index (χ0) is 16.2. The summed E-state index contributed by atoms with van der Waals surface area (Å²) in [4.78, 5) is 11.6. The van der Waals surface area contributed by atoms with E-state index in [0.717, 1.165) is 31.4 Å². The number of carbonyl (C=O) groups is 1. The minimum Gasteiger partial charge on any atom is -0.492 e. The third-order valence-corrected chi connectivity index (χ3v) is 7.87. The molecule has 0 spiro atoms. The second kappa shape index (κ2) is 5.63. The van der Waals surface area contributed by atoms with Crippen LogP contribution in [0.2, 0.25) is 0 Å². The van der Waals surface area contributed by atoms with Crippen LogP contribution in [0.4, 0.5) is 0 Å². The smallest absolute Gasteiger partial charge is 0.139 e. The van der Waals surface area contributed by atoms with Crippen LogP contribution in [-0.4, -0.2) is 11.4 Å². The summed E-state index contributed by atoms with van der Waals surface area (Å²) < 4.78 is 5.78. The molecule has 1 aliphatic heterocycles. The van der Waals surface area contributed by atoms with E-state index in [1.165, 1.54) is 32.1 Å². The number of ether oxygens (including phenoxy) is 1. The molecule has 132 valence electrons. The van der Waals surface area contributed by atoms with Crippen molar-refractivity contribution in [3.63, 3.8) is 0 Å². The highest BCUT2D eigenvalue weighted by Gasteiger charge is 2.57. The van der Waals surface area contributed by atoms with Gasteiger partial charge in [0.1, 0.15) is 11.4 Å². The molecule has 2 nitrogen and oxygen atoms in total. The van der Waals surface area contributed by atoms with Gasteiger partial charge in [-0.2, -0.15) is 0 Å². The molecular weight excluding hydrogens is 284 g/mol. The SMILES string of the molecule is C.C=C1C[C@]2(C)CCC[C@@]2(C)O1.C[C@@]12CCC[C@@]1(C)C(=O)CC2. The Morgan fingerprint density at radius 2 is 1.52 bits per heavy atom. The summed E-state index contributed by atoms with van der Waals surface area (Å²) in [6.07, 6.45) is 10.6. The van der Waals surface area contributed by atoms with E-state index in [9.17, 15) is 4.79 Å². The van der Waals surface area contributed by atoms with Crippen LogP contribution in [-0.2, 0) is 9.53 Å². The van der Waals surface area contributed by atoms with E-state index in [1.54, 1.807) is 0 Å². The summed E-state index contributed by atoms with van der Waals surface area (Å²) in [5, 5.41) is 0. The lowest BCUT2D eigenvalue weighted by molar-refractivity contribution is -0.127. The largest absolute Gasteiger partial charge is 0.492 e. The van der Waals surface area contributed by atoms with E-state index >= 15 is 0 Å². The summed E-state index contributed by atoms with van der Waals surface area (Å²) in [5.74, 6) is 1.52. The number of ketones is 1. The van der Waals surface area contributed by atoms with Crippen molar-refractivity contribution in [3.05, 3.63) is 12.3 Å². The maximum absolute atomic E-state index is 11.6. The Morgan fingerprint density at radius 3 is 2.13 bits per heavy atom. The maximum atomic E-state index is 11.6. The first-order valence-corrected chi connectivity index (χ1v) is 9.04. The van der Waals surface area contributed by atoms with Gasteiger partial charge < -0.3 is 4.74 Å². The van der Waals surface area contributed by atoms with Crippen LogP contribution in [0.25, 0.3) is 0 Å². The number of rotatable bonds is 0. The van der Waals surface area contributed by atoms with Crippen LogP contribution in [0.3, 0.4) is 0 Å². The Kier molecular flexibility index (Phi) is 4.54. The molecule has 4 atom stereocenters. The summed E-state index contributed by atoms with van der Waals surface area (Å²) in [5.41, 5.74) is 0.936. The fourth-order valence-electron chi connectivity index (χ4n) is 5.57. The number of hydrogen-bond donors (Lipinski definition) is 0. The molecule has 4 fully saturated rings. The van der Waals surface area contributed by atoms with Crippen LogP contribution >= 0.6 is 0 Å².